The van der Waals surface area contributed by atoms with Gasteiger partial charge in [-0.3, -0.25) is 4.68 Å². The summed E-state index contributed by atoms with van der Waals surface area (Å²) in [6.45, 7) is -2.38. The van der Waals surface area contributed by atoms with Gasteiger partial charge in [-0.2, -0.15) is 13.9 Å². The van der Waals surface area contributed by atoms with Crippen LogP contribution in [0, 0.1) is 0 Å². The van der Waals surface area contributed by atoms with E-state index in [1.807, 2.05) is 24.3 Å². The van der Waals surface area contributed by atoms with Gasteiger partial charge in [0.25, 0.3) is 0 Å². The van der Waals surface area contributed by atoms with Crippen LogP contribution in [0.5, 0.6) is 5.75 Å². The number of aromatic nitrogens is 2. The molecule has 0 fully saturated rings. The first-order chi connectivity index (χ1) is 13.4. The Balaban J connectivity index is 1.66. The van der Waals surface area contributed by atoms with Crippen LogP contribution in [0.25, 0.3) is 0 Å². The van der Waals surface area contributed by atoms with Crippen LogP contribution < -0.4 is 15.4 Å². The average molecular weight is 488 g/mol. The number of benzene rings is 2. The number of halogens is 4. The fourth-order valence-electron chi connectivity index (χ4n) is 2.37. The van der Waals surface area contributed by atoms with Crippen molar-refractivity contribution in [3.63, 3.8) is 0 Å². The van der Waals surface area contributed by atoms with Gasteiger partial charge in [-0.15, -0.1) is 0 Å². The molecule has 146 valence electrons. The van der Waals surface area contributed by atoms with Crippen molar-refractivity contribution in [3.05, 3.63) is 69.8 Å². The third kappa shape index (κ3) is 5.63. The number of rotatable bonds is 6. The summed E-state index contributed by atoms with van der Waals surface area (Å²) in [4.78, 5) is 0. The summed E-state index contributed by atoms with van der Waals surface area (Å²) in [7, 11) is 0. The summed E-state index contributed by atoms with van der Waals surface area (Å²) in [5, 5.41) is 11.0. The van der Waals surface area contributed by atoms with Crippen molar-refractivity contribution in [2.24, 2.45) is 0 Å². The Morgan fingerprint density at radius 1 is 1.18 bits per heavy atom. The molecule has 0 saturated heterocycles. The van der Waals surface area contributed by atoms with Gasteiger partial charge >= 0.3 is 6.61 Å². The van der Waals surface area contributed by atoms with Crippen LogP contribution in [0.15, 0.2) is 59.2 Å². The van der Waals surface area contributed by atoms with Crippen LogP contribution in [0.3, 0.4) is 0 Å². The Morgan fingerprint density at radius 2 is 1.89 bits per heavy atom. The zero-order valence-electron chi connectivity index (χ0n) is 14.2. The zero-order valence-corrected chi connectivity index (χ0v) is 17.4. The molecule has 0 saturated carbocycles. The average Bonchev–Trinajstić information content (AvgIpc) is 2.97. The molecule has 0 amide bonds. The maximum atomic E-state index is 12.5. The van der Waals surface area contributed by atoms with E-state index in [4.69, 9.17) is 23.8 Å². The molecule has 0 atom stereocenters. The van der Waals surface area contributed by atoms with Crippen LogP contribution in [-0.2, 0) is 6.54 Å². The number of nitrogens with zero attached hydrogens (tertiary/aromatic N) is 2. The van der Waals surface area contributed by atoms with Crippen molar-refractivity contribution in [3.8, 4) is 5.75 Å². The molecular weight excluding hydrogens is 474 g/mol. The number of anilines is 2. The van der Waals surface area contributed by atoms with E-state index in [9.17, 15) is 8.78 Å². The Kier molecular flexibility index (Phi) is 6.82. The summed E-state index contributed by atoms with van der Waals surface area (Å²) in [5.74, 6) is 0.479. The molecule has 1 aromatic heterocycles. The normalized spacial score (nSPS) is 10.8. The van der Waals surface area contributed by atoms with Gasteiger partial charge in [0.05, 0.1) is 16.7 Å². The third-order valence-electron chi connectivity index (χ3n) is 3.56. The van der Waals surface area contributed by atoms with Gasteiger partial charge < -0.3 is 15.4 Å². The van der Waals surface area contributed by atoms with Crippen LogP contribution in [-0.4, -0.2) is 21.5 Å². The quantitative estimate of drug-likeness (QED) is 0.433. The highest BCUT2D eigenvalue weighted by atomic mass is 79.9. The van der Waals surface area contributed by atoms with Crippen molar-refractivity contribution in [1.29, 1.82) is 0 Å². The van der Waals surface area contributed by atoms with Crippen molar-refractivity contribution in [2.45, 2.75) is 13.2 Å². The van der Waals surface area contributed by atoms with E-state index in [-0.39, 0.29) is 10.9 Å². The van der Waals surface area contributed by atoms with Gasteiger partial charge in [-0.05, 0) is 58.0 Å². The van der Waals surface area contributed by atoms with Gasteiger partial charge in [0.2, 0.25) is 0 Å². The Hall–Kier alpha value is -2.23. The predicted octanol–water partition coefficient (Wildman–Crippen LogP) is 5.76. The first kappa shape index (κ1) is 20.5. The summed E-state index contributed by atoms with van der Waals surface area (Å²) in [6.07, 6.45) is 1.80. The molecule has 0 radical (unpaired) electrons. The number of thiocarbonyl (C=S) groups is 1. The van der Waals surface area contributed by atoms with E-state index < -0.39 is 6.61 Å². The monoisotopic (exact) mass is 486 g/mol. The standard InChI is InChI=1S/C18H14BrClF2N4OS/c19-13-10-26(9-11-5-7-12(20)8-6-11)25-16(13)24-18(28)23-14-3-1-2-4-15(14)27-17(21)22/h1-8,10,17H,9H2,(H2,23,24,25,28). The zero-order chi connectivity index (χ0) is 20.1. The third-order valence-corrected chi connectivity index (χ3v) is 4.59. The minimum atomic E-state index is -2.93. The molecule has 28 heavy (non-hydrogen) atoms. The van der Waals surface area contributed by atoms with Crippen molar-refractivity contribution in [1.82, 2.24) is 9.78 Å². The molecule has 0 bridgehead atoms. The minimum absolute atomic E-state index is 0.00557. The highest BCUT2D eigenvalue weighted by Gasteiger charge is 2.12. The van der Waals surface area contributed by atoms with E-state index in [0.29, 0.717) is 27.5 Å². The molecule has 0 aliphatic heterocycles. The molecule has 3 aromatic rings. The minimum Gasteiger partial charge on any atom is -0.433 e. The molecule has 0 unspecified atom stereocenters. The maximum Gasteiger partial charge on any atom is 0.387 e. The van der Waals surface area contributed by atoms with Crippen LogP contribution in [0.4, 0.5) is 20.3 Å². The van der Waals surface area contributed by atoms with Crippen molar-refractivity contribution >= 4 is 56.4 Å². The maximum absolute atomic E-state index is 12.5. The molecule has 2 N–H and O–H groups in total. The van der Waals surface area contributed by atoms with Crippen LogP contribution in [0.2, 0.25) is 5.02 Å². The van der Waals surface area contributed by atoms with Gasteiger partial charge in [0, 0.05) is 11.2 Å². The molecule has 0 aliphatic carbocycles. The molecule has 5 nitrogen and oxygen atoms in total. The van der Waals surface area contributed by atoms with Crippen LogP contribution >= 0.6 is 39.7 Å². The molecular formula is C18H14BrClF2N4OS. The molecule has 0 aliphatic rings. The molecule has 2 aromatic carbocycles. The number of nitrogens with one attached hydrogen (secondary N) is 2. The van der Waals surface area contributed by atoms with Crippen LogP contribution in [0.1, 0.15) is 5.56 Å². The highest BCUT2D eigenvalue weighted by molar-refractivity contribution is 9.10. The SMILES string of the molecule is FC(F)Oc1ccccc1NC(=S)Nc1nn(Cc2ccc(Cl)cc2)cc1Br. The van der Waals surface area contributed by atoms with Crippen molar-refractivity contribution in [2.75, 3.05) is 10.6 Å². The largest absolute Gasteiger partial charge is 0.433 e. The topological polar surface area (TPSA) is 51.1 Å². The van der Waals surface area contributed by atoms with E-state index >= 15 is 0 Å². The Morgan fingerprint density at radius 3 is 2.61 bits per heavy atom. The molecule has 1 heterocycles. The molecule has 10 heteroatoms. The fourth-order valence-corrected chi connectivity index (χ4v) is 3.12. The second kappa shape index (κ2) is 9.31. The first-order valence-electron chi connectivity index (χ1n) is 8.00. The second-order valence-corrected chi connectivity index (χ2v) is 7.30. The van der Waals surface area contributed by atoms with E-state index in [2.05, 4.69) is 36.4 Å². The Labute approximate surface area is 178 Å². The summed E-state index contributed by atoms with van der Waals surface area (Å²) in [6, 6.07) is 13.7. The number of hydrogen-bond donors (Lipinski definition) is 2. The smallest absolute Gasteiger partial charge is 0.387 e. The molecule has 3 rings (SSSR count). The summed E-state index contributed by atoms with van der Waals surface area (Å²) in [5.41, 5.74) is 1.35. The van der Waals surface area contributed by atoms with E-state index in [1.54, 1.807) is 29.1 Å². The van der Waals surface area contributed by atoms with E-state index in [0.717, 1.165) is 5.56 Å². The lowest BCUT2D eigenvalue weighted by molar-refractivity contribution is -0.0493. The number of ether oxygens (including phenoxy) is 1. The van der Waals surface area contributed by atoms with Gasteiger partial charge in [0.15, 0.2) is 10.9 Å². The first-order valence-corrected chi connectivity index (χ1v) is 9.58. The summed E-state index contributed by atoms with van der Waals surface area (Å²) >= 11 is 14.6. The van der Waals surface area contributed by atoms with Gasteiger partial charge in [-0.1, -0.05) is 35.9 Å². The lowest BCUT2D eigenvalue weighted by atomic mass is 10.2. The Bertz CT molecular complexity index is 968. The number of alkyl halides is 2. The lowest BCUT2D eigenvalue weighted by Crippen LogP contribution is -2.20. The lowest BCUT2D eigenvalue weighted by Gasteiger charge is -2.13. The fraction of sp³-hybridized carbons (Fsp3) is 0.111. The number of para-hydroxylation sites is 2. The highest BCUT2D eigenvalue weighted by Crippen LogP contribution is 2.26. The predicted molar refractivity (Wildman–Crippen MR) is 113 cm³/mol. The summed E-state index contributed by atoms with van der Waals surface area (Å²) < 4.78 is 31.9. The van der Waals surface area contributed by atoms with Gasteiger partial charge in [0.1, 0.15) is 5.75 Å². The molecule has 0 spiro atoms. The second-order valence-electron chi connectivity index (χ2n) is 5.60. The van der Waals surface area contributed by atoms with Crippen molar-refractivity contribution < 1.29 is 13.5 Å². The van der Waals surface area contributed by atoms with Gasteiger partial charge in [-0.25, -0.2) is 0 Å². The van der Waals surface area contributed by atoms with E-state index in [1.165, 1.54) is 6.07 Å². The number of hydrogen-bond acceptors (Lipinski definition) is 3.